The molecule has 67 heavy (non-hydrogen) atoms. The highest BCUT2D eigenvalue weighted by Gasteiger charge is 2.18. The monoisotopic (exact) mass is 916 g/mol. The molecule has 372 valence electrons. The maximum absolute atomic E-state index is 5.86. The lowest BCUT2D eigenvalue weighted by Gasteiger charge is -2.27. The Bertz CT molecular complexity index is 1940. The maximum atomic E-state index is 5.86. The molecule has 4 aromatic carbocycles. The van der Waals surface area contributed by atoms with Gasteiger partial charge in [-0.25, -0.2) is 0 Å². The third-order valence-electron chi connectivity index (χ3n) is 13.4. The summed E-state index contributed by atoms with van der Waals surface area (Å²) >= 11 is 0. The Morgan fingerprint density at radius 3 is 1.22 bits per heavy atom. The Morgan fingerprint density at radius 1 is 0.388 bits per heavy atom. The minimum absolute atomic E-state index is 0.189. The molecule has 0 spiro atoms. The molecule has 0 amide bonds. The Labute approximate surface area is 412 Å². The van der Waals surface area contributed by atoms with Crippen LogP contribution in [0.15, 0.2) is 97.1 Å². The highest BCUT2D eigenvalue weighted by atomic mass is 16.5. The lowest BCUT2D eigenvalue weighted by atomic mass is 9.86. The van der Waals surface area contributed by atoms with Crippen LogP contribution in [0.2, 0.25) is 0 Å². The molecular weight excluding hydrogens is 819 g/mol. The van der Waals surface area contributed by atoms with Gasteiger partial charge in [0.1, 0.15) is 18.1 Å². The number of hydrogen-bond donors (Lipinski definition) is 0. The smallest absolute Gasteiger partial charge is 0.119 e. The number of benzene rings is 4. The summed E-state index contributed by atoms with van der Waals surface area (Å²) in [5, 5.41) is 0. The number of nitrogens with zero attached hydrogens (tertiary/aromatic N) is 3. The fourth-order valence-electron chi connectivity index (χ4n) is 8.74. The van der Waals surface area contributed by atoms with E-state index >= 15 is 0 Å². The molecule has 3 fully saturated rings. The van der Waals surface area contributed by atoms with Crippen molar-refractivity contribution in [2.24, 2.45) is 0 Å². The van der Waals surface area contributed by atoms with Crippen LogP contribution in [0.3, 0.4) is 0 Å². The Morgan fingerprint density at radius 2 is 0.776 bits per heavy atom. The van der Waals surface area contributed by atoms with Gasteiger partial charge in [-0.1, -0.05) is 182 Å². The van der Waals surface area contributed by atoms with Gasteiger partial charge in [0, 0.05) is 19.6 Å². The molecule has 0 N–H and O–H groups in total. The minimum Gasteiger partial charge on any atom is -0.494 e. The summed E-state index contributed by atoms with van der Waals surface area (Å²) in [6, 6.07) is 35.2. The van der Waals surface area contributed by atoms with Crippen LogP contribution < -0.4 is 9.47 Å². The van der Waals surface area contributed by atoms with Gasteiger partial charge >= 0.3 is 0 Å². The van der Waals surface area contributed by atoms with Crippen molar-refractivity contribution < 1.29 is 9.47 Å². The first kappa shape index (κ1) is 56.0. The molecule has 0 atom stereocenters. The van der Waals surface area contributed by atoms with Crippen LogP contribution in [0.4, 0.5) is 0 Å². The van der Waals surface area contributed by atoms with E-state index in [1.54, 1.807) is 0 Å². The lowest BCUT2D eigenvalue weighted by Crippen LogP contribution is -2.29. The van der Waals surface area contributed by atoms with Crippen LogP contribution >= 0.6 is 0 Å². The first-order valence-electron chi connectivity index (χ1n) is 26.5. The average Bonchev–Trinajstić information content (AvgIpc) is 3.81. The van der Waals surface area contributed by atoms with Crippen LogP contribution in [0, 0.1) is 0 Å². The average molecular weight is 916 g/mol. The van der Waals surface area contributed by atoms with Crippen molar-refractivity contribution in [2.75, 3.05) is 59.0 Å². The summed E-state index contributed by atoms with van der Waals surface area (Å²) in [5.74, 6) is 2.00. The van der Waals surface area contributed by atoms with Crippen LogP contribution in [0.1, 0.15) is 188 Å². The van der Waals surface area contributed by atoms with Crippen molar-refractivity contribution in [1.29, 1.82) is 0 Å². The van der Waals surface area contributed by atoms with Crippen LogP contribution in [0.25, 0.3) is 0 Å². The number of unbranched alkanes of at least 4 members (excludes halogenated alkanes) is 1. The van der Waals surface area contributed by atoms with E-state index < -0.39 is 0 Å². The van der Waals surface area contributed by atoms with E-state index in [4.69, 9.17) is 9.47 Å². The molecule has 0 unspecified atom stereocenters. The molecule has 3 aliphatic heterocycles. The first-order chi connectivity index (χ1) is 31.7. The van der Waals surface area contributed by atoms with E-state index in [2.05, 4.69) is 196 Å². The van der Waals surface area contributed by atoms with Crippen molar-refractivity contribution in [1.82, 2.24) is 14.7 Å². The second kappa shape index (κ2) is 27.5. The summed E-state index contributed by atoms with van der Waals surface area (Å²) in [6.07, 6.45) is 13.3. The number of likely N-dealkylation sites (tertiary alicyclic amines) is 3. The second-order valence-corrected chi connectivity index (χ2v) is 23.7. The zero-order valence-corrected chi connectivity index (χ0v) is 45.2. The Balaban J connectivity index is 0.000000195. The van der Waals surface area contributed by atoms with Crippen molar-refractivity contribution in [3.05, 3.63) is 130 Å². The van der Waals surface area contributed by atoms with Crippen molar-refractivity contribution in [3.8, 4) is 11.5 Å². The van der Waals surface area contributed by atoms with E-state index in [1.807, 2.05) is 6.07 Å². The zero-order valence-electron chi connectivity index (χ0n) is 45.2. The second-order valence-electron chi connectivity index (χ2n) is 23.7. The highest BCUT2D eigenvalue weighted by Crippen LogP contribution is 2.28. The molecule has 0 radical (unpaired) electrons. The van der Waals surface area contributed by atoms with Gasteiger partial charge in [-0.05, 0) is 164 Å². The highest BCUT2D eigenvalue weighted by molar-refractivity contribution is 5.34. The normalized spacial score (nSPS) is 16.4. The van der Waals surface area contributed by atoms with Crippen molar-refractivity contribution in [2.45, 2.75) is 189 Å². The third-order valence-corrected chi connectivity index (χ3v) is 13.4. The molecule has 0 bridgehead atoms. The molecule has 5 nitrogen and oxygen atoms in total. The molecule has 3 heterocycles. The molecule has 0 aromatic heterocycles. The molecule has 3 saturated heterocycles. The molecule has 0 aliphatic carbocycles. The molecule has 5 heteroatoms. The van der Waals surface area contributed by atoms with Gasteiger partial charge in [-0.15, -0.1) is 0 Å². The Hall–Kier alpha value is -3.64. The number of piperidine rings is 2. The van der Waals surface area contributed by atoms with Gasteiger partial charge in [-0.3, -0.25) is 14.7 Å². The zero-order chi connectivity index (χ0) is 48.9. The molecule has 0 saturated carbocycles. The molecule has 3 aliphatic rings. The van der Waals surface area contributed by atoms with E-state index in [-0.39, 0.29) is 21.7 Å². The Kier molecular flexibility index (Phi) is 23.0. The first-order valence-corrected chi connectivity index (χ1v) is 26.5. The fraction of sp³-hybridized carbons (Fsp3) is 0.613. The van der Waals surface area contributed by atoms with E-state index in [0.717, 1.165) is 50.8 Å². The van der Waals surface area contributed by atoms with Crippen LogP contribution in [0.5, 0.6) is 11.5 Å². The van der Waals surface area contributed by atoms with E-state index in [1.165, 1.54) is 130 Å². The number of rotatable bonds is 12. The quantitative estimate of drug-likeness (QED) is 0.132. The number of ether oxygens (including phenoxy) is 2. The largest absolute Gasteiger partial charge is 0.494 e. The maximum Gasteiger partial charge on any atom is 0.119 e. The van der Waals surface area contributed by atoms with Gasteiger partial charge in [0.05, 0.1) is 6.61 Å². The van der Waals surface area contributed by atoms with Crippen LogP contribution in [-0.4, -0.2) is 73.7 Å². The van der Waals surface area contributed by atoms with Gasteiger partial charge in [0.15, 0.2) is 0 Å². The topological polar surface area (TPSA) is 28.2 Å². The van der Waals surface area contributed by atoms with Crippen molar-refractivity contribution >= 4 is 0 Å². The van der Waals surface area contributed by atoms with Gasteiger partial charge < -0.3 is 9.47 Å². The van der Waals surface area contributed by atoms with Crippen LogP contribution in [-0.2, 0) is 34.7 Å². The summed E-state index contributed by atoms with van der Waals surface area (Å²) in [5.41, 5.74) is 9.39. The molecule has 7 rings (SSSR count). The summed E-state index contributed by atoms with van der Waals surface area (Å²) in [6.45, 7) is 41.7. The molecule has 4 aromatic rings. The third kappa shape index (κ3) is 21.7. The van der Waals surface area contributed by atoms with E-state index in [9.17, 15) is 0 Å². The van der Waals surface area contributed by atoms with Gasteiger partial charge in [-0.2, -0.15) is 0 Å². The molecular formula is C62H97N3O2. The van der Waals surface area contributed by atoms with Gasteiger partial charge in [0.25, 0.3) is 0 Å². The SMILES string of the molecule is CC(C)(C)c1ccc(CN2CCCCC2)cc1.CC(C)(C)c1cccc(CN2CCCCC2)c1.CC(C)(C)c1cccc(OCCN2CCCC2)c1.CCCCOc1cccc(C(C)(C)C)c1. The van der Waals surface area contributed by atoms with Gasteiger partial charge in [0.2, 0.25) is 0 Å². The summed E-state index contributed by atoms with van der Waals surface area (Å²) < 4.78 is 11.5. The number of hydrogen-bond acceptors (Lipinski definition) is 5. The summed E-state index contributed by atoms with van der Waals surface area (Å²) in [7, 11) is 0. The van der Waals surface area contributed by atoms with Crippen molar-refractivity contribution in [3.63, 3.8) is 0 Å². The standard InChI is InChI=1S/C16H25NO.2C16H25N.C14H22O/c1-16(2,3)14-7-6-8-15(13-14)18-12-11-17-9-4-5-10-17;1-16(2,3)15-9-7-14(8-10-15)13-17-11-5-4-6-12-17;1-16(2,3)15-9-7-8-14(12-15)13-17-10-5-4-6-11-17;1-5-6-10-15-13-9-7-8-12(11-13)14(2,3)4/h6-8,13H,4-5,9-12H2,1-3H3;7-10H,4-6,11-13H2,1-3H3;7-9,12H,4-6,10-11,13H2,1-3H3;7-9,11H,5-6,10H2,1-4H3. The summed E-state index contributed by atoms with van der Waals surface area (Å²) in [4.78, 5) is 7.65. The fourth-order valence-corrected chi connectivity index (χ4v) is 8.74. The van der Waals surface area contributed by atoms with E-state index in [0.29, 0.717) is 0 Å². The predicted octanol–water partition coefficient (Wildman–Crippen LogP) is 15.6. The minimum atomic E-state index is 0.189. The predicted molar refractivity (Wildman–Crippen MR) is 290 cm³/mol. The lowest BCUT2D eigenvalue weighted by molar-refractivity contribution is 0.221.